The second-order valence-electron chi connectivity index (χ2n) is 8.11. The maximum Gasteiger partial charge on any atom is 0.326 e. The molecule has 0 bridgehead atoms. The Hall–Kier alpha value is -4.01. The number of rotatable bonds is 15. The minimum atomic E-state index is -1.49. The first-order chi connectivity index (χ1) is 16.3. The number of hydrogen-bond donors (Lipinski definition) is 8. The van der Waals surface area contributed by atoms with Crippen molar-refractivity contribution in [3.05, 3.63) is 18.2 Å². The molecule has 4 atom stereocenters. The molecule has 3 amide bonds. The van der Waals surface area contributed by atoms with Gasteiger partial charge in [0.25, 0.3) is 0 Å². The lowest BCUT2D eigenvalue weighted by Gasteiger charge is -2.27. The predicted molar refractivity (Wildman–Crippen MR) is 118 cm³/mol. The van der Waals surface area contributed by atoms with Crippen LogP contribution in [0.25, 0.3) is 0 Å². The highest BCUT2D eigenvalue weighted by Gasteiger charge is 2.32. The molecule has 0 aliphatic rings. The molecule has 0 radical (unpaired) electrons. The monoisotopic (exact) mass is 498 g/mol. The van der Waals surface area contributed by atoms with E-state index in [9.17, 15) is 33.9 Å². The van der Waals surface area contributed by atoms with Gasteiger partial charge >= 0.3 is 17.9 Å². The van der Waals surface area contributed by atoms with E-state index in [2.05, 4.69) is 25.9 Å². The number of H-pyrrole nitrogens is 1. The molecular weight excluding hydrogens is 468 g/mol. The van der Waals surface area contributed by atoms with E-state index in [4.69, 9.17) is 15.9 Å². The second-order valence-corrected chi connectivity index (χ2v) is 8.11. The summed E-state index contributed by atoms with van der Waals surface area (Å²) in [5.74, 6) is -7.09. The number of imidazole rings is 1. The van der Waals surface area contributed by atoms with Crippen molar-refractivity contribution >= 4 is 35.6 Å². The Morgan fingerprint density at radius 3 is 2.06 bits per heavy atom. The maximum absolute atomic E-state index is 13.0. The molecule has 15 nitrogen and oxygen atoms in total. The number of aliphatic carboxylic acids is 3. The third-order valence-electron chi connectivity index (χ3n) is 4.85. The first-order valence-electron chi connectivity index (χ1n) is 10.6. The van der Waals surface area contributed by atoms with Crippen molar-refractivity contribution in [2.75, 3.05) is 0 Å². The van der Waals surface area contributed by atoms with Crippen molar-refractivity contribution < 1.29 is 44.1 Å². The molecule has 1 aromatic heterocycles. The maximum atomic E-state index is 13.0. The molecule has 1 aromatic rings. The summed E-state index contributed by atoms with van der Waals surface area (Å²) in [6.45, 7) is 3.17. The highest BCUT2D eigenvalue weighted by Crippen LogP contribution is 2.07. The standard InChI is InChI=1S/C20H30N6O9/c1-9(2)16(19(33)24-12(20(34)35)3-4-14(27)28)26-18(32)13(5-10-7-22-8-23-10)25-17(31)11(21)6-15(29)30/h7-9,11-13,16H,3-6,21H2,1-2H3,(H,22,23)(H,24,33)(H,25,31)(H,26,32)(H,27,28)(H,29,30)(H,34,35). The van der Waals surface area contributed by atoms with Gasteiger partial charge in [0.05, 0.1) is 18.8 Å². The molecule has 9 N–H and O–H groups in total. The molecule has 1 rings (SSSR count). The summed E-state index contributed by atoms with van der Waals surface area (Å²) in [5, 5.41) is 33.9. The van der Waals surface area contributed by atoms with Gasteiger partial charge in [-0.3, -0.25) is 24.0 Å². The first-order valence-corrected chi connectivity index (χ1v) is 10.6. The SMILES string of the molecule is CC(C)C(NC(=O)C(Cc1cnc[nH]1)NC(=O)C(N)CC(=O)O)C(=O)NC(CCC(=O)O)C(=O)O. The van der Waals surface area contributed by atoms with Gasteiger partial charge in [-0.25, -0.2) is 9.78 Å². The van der Waals surface area contributed by atoms with Crippen LogP contribution >= 0.6 is 0 Å². The van der Waals surface area contributed by atoms with Gasteiger partial charge in [0, 0.05) is 24.7 Å². The Kier molecular flexibility index (Phi) is 11.3. The molecule has 0 saturated heterocycles. The van der Waals surface area contributed by atoms with Crippen molar-refractivity contribution in [1.82, 2.24) is 25.9 Å². The zero-order valence-corrected chi connectivity index (χ0v) is 19.2. The van der Waals surface area contributed by atoms with E-state index < -0.39 is 78.6 Å². The average molecular weight is 498 g/mol. The van der Waals surface area contributed by atoms with Crippen LogP contribution in [0.2, 0.25) is 0 Å². The number of hydrogen-bond acceptors (Lipinski definition) is 8. The summed E-state index contributed by atoms with van der Waals surface area (Å²) in [5.41, 5.74) is 6.01. The number of carbonyl (C=O) groups excluding carboxylic acids is 3. The topological polar surface area (TPSA) is 254 Å². The average Bonchev–Trinajstić information content (AvgIpc) is 3.26. The molecular formula is C20H30N6O9. The minimum absolute atomic E-state index is 0.0971. The van der Waals surface area contributed by atoms with Crippen molar-refractivity contribution in [2.24, 2.45) is 11.7 Å². The van der Waals surface area contributed by atoms with E-state index in [0.29, 0.717) is 5.69 Å². The fraction of sp³-hybridized carbons (Fsp3) is 0.550. The molecule has 0 spiro atoms. The molecule has 0 aromatic carbocycles. The third-order valence-corrected chi connectivity index (χ3v) is 4.85. The number of aromatic amines is 1. The van der Waals surface area contributed by atoms with Crippen LogP contribution in [0, 0.1) is 5.92 Å². The van der Waals surface area contributed by atoms with Crippen molar-refractivity contribution in [2.45, 2.75) is 63.7 Å². The van der Waals surface area contributed by atoms with Crippen molar-refractivity contribution in [3.8, 4) is 0 Å². The van der Waals surface area contributed by atoms with E-state index in [1.54, 1.807) is 13.8 Å². The molecule has 0 fully saturated rings. The Morgan fingerprint density at radius 1 is 0.943 bits per heavy atom. The summed E-state index contributed by atoms with van der Waals surface area (Å²) in [6.07, 6.45) is 1.11. The lowest BCUT2D eigenvalue weighted by atomic mass is 10.0. The number of carboxylic acids is 3. The van der Waals surface area contributed by atoms with E-state index in [-0.39, 0.29) is 12.8 Å². The van der Waals surface area contributed by atoms with Gasteiger partial charge in [-0.05, 0) is 12.3 Å². The Bertz CT molecular complexity index is 918. The number of aromatic nitrogens is 2. The van der Waals surface area contributed by atoms with Gasteiger partial charge < -0.3 is 42.0 Å². The highest BCUT2D eigenvalue weighted by molar-refractivity contribution is 5.95. The summed E-state index contributed by atoms with van der Waals surface area (Å²) in [4.78, 5) is 77.7. The number of amides is 3. The Morgan fingerprint density at radius 2 is 1.57 bits per heavy atom. The molecule has 194 valence electrons. The van der Waals surface area contributed by atoms with Gasteiger partial charge in [-0.15, -0.1) is 0 Å². The highest BCUT2D eigenvalue weighted by atomic mass is 16.4. The number of nitrogens with two attached hydrogens (primary N) is 1. The van der Waals surface area contributed by atoms with Gasteiger partial charge in [0.15, 0.2) is 0 Å². The van der Waals surface area contributed by atoms with Crippen LogP contribution in [0.4, 0.5) is 0 Å². The number of carbonyl (C=O) groups is 6. The van der Waals surface area contributed by atoms with Gasteiger partial charge in [-0.1, -0.05) is 13.8 Å². The summed E-state index contributed by atoms with van der Waals surface area (Å²) >= 11 is 0. The lowest BCUT2D eigenvalue weighted by molar-refractivity contribution is -0.143. The fourth-order valence-electron chi connectivity index (χ4n) is 2.96. The van der Waals surface area contributed by atoms with E-state index >= 15 is 0 Å². The molecule has 0 aliphatic carbocycles. The van der Waals surface area contributed by atoms with Crippen LogP contribution < -0.4 is 21.7 Å². The normalized spacial score (nSPS) is 14.3. The molecule has 0 aliphatic heterocycles. The van der Waals surface area contributed by atoms with Crippen LogP contribution in [0.3, 0.4) is 0 Å². The fourth-order valence-corrected chi connectivity index (χ4v) is 2.96. The van der Waals surface area contributed by atoms with Gasteiger partial charge in [0.2, 0.25) is 17.7 Å². The molecule has 35 heavy (non-hydrogen) atoms. The van der Waals surface area contributed by atoms with Crippen LogP contribution in [0.1, 0.15) is 38.8 Å². The zero-order valence-electron chi connectivity index (χ0n) is 19.2. The molecule has 4 unspecified atom stereocenters. The van der Waals surface area contributed by atoms with Crippen molar-refractivity contribution in [3.63, 3.8) is 0 Å². The number of nitrogens with zero attached hydrogens (tertiary/aromatic N) is 1. The van der Waals surface area contributed by atoms with E-state index in [1.807, 2.05) is 0 Å². The van der Waals surface area contributed by atoms with Crippen molar-refractivity contribution in [1.29, 1.82) is 0 Å². The third kappa shape index (κ3) is 10.2. The van der Waals surface area contributed by atoms with Crippen LogP contribution in [-0.2, 0) is 35.2 Å². The van der Waals surface area contributed by atoms with Gasteiger partial charge in [0.1, 0.15) is 18.1 Å². The summed E-state index contributed by atoms with van der Waals surface area (Å²) in [6, 6.07) is -5.44. The molecule has 15 heteroatoms. The Balaban J connectivity index is 3.01. The summed E-state index contributed by atoms with van der Waals surface area (Å²) in [7, 11) is 0. The largest absolute Gasteiger partial charge is 0.481 e. The van der Waals surface area contributed by atoms with Crippen LogP contribution in [0.5, 0.6) is 0 Å². The second kappa shape index (κ2) is 13.6. The number of carboxylic acid groups (broad SMARTS) is 3. The van der Waals surface area contributed by atoms with Crippen LogP contribution in [0.15, 0.2) is 12.5 Å². The van der Waals surface area contributed by atoms with Crippen LogP contribution in [-0.4, -0.2) is 85.1 Å². The quantitative estimate of drug-likeness (QED) is 0.129. The summed E-state index contributed by atoms with van der Waals surface area (Å²) < 4.78 is 0. The Labute approximate surface area is 199 Å². The smallest absolute Gasteiger partial charge is 0.326 e. The first kappa shape index (κ1) is 29.0. The minimum Gasteiger partial charge on any atom is -0.481 e. The molecule has 0 saturated carbocycles. The van der Waals surface area contributed by atoms with E-state index in [0.717, 1.165) is 0 Å². The van der Waals surface area contributed by atoms with Gasteiger partial charge in [-0.2, -0.15) is 0 Å². The molecule has 1 heterocycles. The zero-order chi connectivity index (χ0) is 26.7. The lowest BCUT2D eigenvalue weighted by Crippen LogP contribution is -2.59. The predicted octanol–water partition coefficient (Wildman–Crippen LogP) is -2.19. The number of nitrogens with one attached hydrogen (secondary N) is 4. The van der Waals surface area contributed by atoms with E-state index in [1.165, 1.54) is 12.5 Å².